The molecule has 0 saturated carbocycles. The van der Waals surface area contributed by atoms with E-state index >= 15 is 0 Å². The Labute approximate surface area is 220 Å². The lowest BCUT2D eigenvalue weighted by Gasteiger charge is -2.11. The van der Waals surface area contributed by atoms with Crippen LogP contribution in [0.4, 0.5) is 0 Å². The van der Waals surface area contributed by atoms with Gasteiger partial charge < -0.3 is 5.11 Å². The molecule has 3 aromatic heterocycles. The number of hydrogen-bond acceptors (Lipinski definition) is 3. The minimum absolute atomic E-state index is 0.212. The molecule has 3 heterocycles. The molecule has 4 heteroatoms. The van der Waals surface area contributed by atoms with E-state index in [0.29, 0.717) is 5.56 Å². The van der Waals surface area contributed by atoms with Crippen molar-refractivity contribution in [3.63, 3.8) is 0 Å². The van der Waals surface area contributed by atoms with E-state index in [2.05, 4.69) is 70.2 Å². The summed E-state index contributed by atoms with van der Waals surface area (Å²) in [5.41, 5.74) is 7.86. The summed E-state index contributed by atoms with van der Waals surface area (Å²) >= 11 is 0. The number of phenolic OH excluding ortho intramolecular Hbond substituents is 1. The van der Waals surface area contributed by atoms with E-state index < -0.39 is 0 Å². The average Bonchev–Trinajstić information content (AvgIpc) is 3.31. The van der Waals surface area contributed by atoms with E-state index in [1.807, 2.05) is 66.9 Å². The number of benzene rings is 4. The maximum atomic E-state index is 10.5. The summed E-state index contributed by atoms with van der Waals surface area (Å²) in [6.07, 6.45) is 1.82. The number of aromatic nitrogens is 3. The molecule has 0 aliphatic carbocycles. The van der Waals surface area contributed by atoms with Crippen molar-refractivity contribution in [2.45, 2.75) is 0 Å². The first-order valence-electron chi connectivity index (χ1n) is 12.6. The molecule has 4 aromatic carbocycles. The Kier molecular flexibility index (Phi) is 5.22. The Morgan fingerprint density at radius 1 is 0.526 bits per heavy atom. The molecule has 0 aliphatic rings. The molecule has 0 spiro atoms. The van der Waals surface area contributed by atoms with E-state index in [9.17, 15) is 5.11 Å². The highest BCUT2D eigenvalue weighted by Crippen LogP contribution is 2.37. The van der Waals surface area contributed by atoms with Gasteiger partial charge in [0.1, 0.15) is 11.6 Å². The van der Waals surface area contributed by atoms with Crippen LogP contribution < -0.4 is 0 Å². The first kappa shape index (κ1) is 22.0. The molecule has 4 nitrogen and oxygen atoms in total. The Bertz CT molecular complexity index is 1930. The van der Waals surface area contributed by atoms with Crippen molar-refractivity contribution in [2.75, 3.05) is 0 Å². The van der Waals surface area contributed by atoms with E-state index in [-0.39, 0.29) is 5.75 Å². The number of rotatable bonds is 4. The van der Waals surface area contributed by atoms with Crippen molar-refractivity contribution in [2.24, 2.45) is 0 Å². The second-order valence-corrected chi connectivity index (χ2v) is 9.28. The fourth-order valence-electron chi connectivity index (χ4n) is 5.16. The number of aromatic hydroxyl groups is 1. The van der Waals surface area contributed by atoms with Crippen molar-refractivity contribution in [3.8, 4) is 45.2 Å². The van der Waals surface area contributed by atoms with Crippen molar-refractivity contribution in [1.82, 2.24) is 14.5 Å². The lowest BCUT2D eigenvalue weighted by molar-refractivity contribution is 0.477. The fraction of sp³-hybridized carbons (Fsp3) is 0. The van der Waals surface area contributed by atoms with Crippen molar-refractivity contribution in [1.29, 1.82) is 0 Å². The van der Waals surface area contributed by atoms with E-state index in [0.717, 1.165) is 44.6 Å². The zero-order valence-corrected chi connectivity index (χ0v) is 20.5. The highest BCUT2D eigenvalue weighted by molar-refractivity contribution is 6.11. The van der Waals surface area contributed by atoms with Gasteiger partial charge in [0.2, 0.25) is 0 Å². The summed E-state index contributed by atoms with van der Waals surface area (Å²) in [5, 5.41) is 12.8. The van der Waals surface area contributed by atoms with Crippen molar-refractivity contribution >= 4 is 21.8 Å². The number of hydrogen-bond donors (Lipinski definition) is 1. The van der Waals surface area contributed by atoms with Gasteiger partial charge in [0.05, 0.1) is 22.4 Å². The number of fused-ring (bicyclic) bond motifs is 3. The molecule has 0 bridgehead atoms. The van der Waals surface area contributed by atoms with Gasteiger partial charge in [-0.3, -0.25) is 9.55 Å². The predicted molar refractivity (Wildman–Crippen MR) is 154 cm³/mol. The molecule has 38 heavy (non-hydrogen) atoms. The Morgan fingerprint density at radius 2 is 1.32 bits per heavy atom. The Morgan fingerprint density at radius 3 is 2.16 bits per heavy atom. The third-order valence-electron chi connectivity index (χ3n) is 6.98. The number of nitrogens with zero attached hydrogens (tertiary/aromatic N) is 3. The van der Waals surface area contributed by atoms with Crippen molar-refractivity contribution < 1.29 is 5.11 Å². The van der Waals surface area contributed by atoms with Crippen LogP contribution in [0.2, 0.25) is 0 Å². The zero-order chi connectivity index (χ0) is 25.5. The predicted octanol–water partition coefficient (Wildman–Crippen LogP) is 8.28. The van der Waals surface area contributed by atoms with Gasteiger partial charge in [0, 0.05) is 28.1 Å². The van der Waals surface area contributed by atoms with Crippen LogP contribution >= 0.6 is 0 Å². The molecule has 1 N–H and O–H groups in total. The van der Waals surface area contributed by atoms with Gasteiger partial charge in [-0.1, -0.05) is 72.8 Å². The summed E-state index contributed by atoms with van der Waals surface area (Å²) in [4.78, 5) is 9.59. The lowest BCUT2D eigenvalue weighted by Crippen LogP contribution is -1.99. The fourth-order valence-corrected chi connectivity index (χ4v) is 5.16. The molecule has 0 saturated heterocycles. The monoisotopic (exact) mass is 489 g/mol. The molecule has 7 aromatic rings. The van der Waals surface area contributed by atoms with Gasteiger partial charge in [-0.2, -0.15) is 0 Å². The van der Waals surface area contributed by atoms with Crippen LogP contribution in [-0.2, 0) is 0 Å². The minimum Gasteiger partial charge on any atom is -0.507 e. The quantitative estimate of drug-likeness (QED) is 0.271. The zero-order valence-electron chi connectivity index (χ0n) is 20.5. The smallest absolute Gasteiger partial charge is 0.138 e. The number of para-hydroxylation sites is 1. The van der Waals surface area contributed by atoms with Gasteiger partial charge in [-0.25, -0.2) is 4.98 Å². The number of pyridine rings is 2. The molecular formula is C34H23N3O. The highest BCUT2D eigenvalue weighted by Gasteiger charge is 2.16. The summed E-state index contributed by atoms with van der Waals surface area (Å²) in [6.45, 7) is 0. The molecule has 0 amide bonds. The normalized spacial score (nSPS) is 11.3. The van der Waals surface area contributed by atoms with Crippen LogP contribution in [0.1, 0.15) is 0 Å². The van der Waals surface area contributed by atoms with Crippen LogP contribution in [0.15, 0.2) is 134 Å². The standard InChI is InChI=1S/C34H23N3O/c38-33-14-5-4-11-27(33)30-13-8-15-34(36-30)37-31-19-17-24(23-9-2-1-3-10-23)21-28(31)26-18-16-25(22-32(26)37)29-12-6-7-20-35-29/h1-22,38H. The molecule has 0 fully saturated rings. The highest BCUT2D eigenvalue weighted by atomic mass is 16.3. The second-order valence-electron chi connectivity index (χ2n) is 9.28. The Balaban J connectivity index is 1.50. The number of phenols is 1. The van der Waals surface area contributed by atoms with Crippen LogP contribution in [0.5, 0.6) is 5.75 Å². The molecule has 7 rings (SSSR count). The van der Waals surface area contributed by atoms with Crippen LogP contribution in [0.25, 0.3) is 61.3 Å². The minimum atomic E-state index is 0.212. The van der Waals surface area contributed by atoms with Crippen LogP contribution in [-0.4, -0.2) is 19.6 Å². The largest absolute Gasteiger partial charge is 0.507 e. The van der Waals surface area contributed by atoms with Crippen LogP contribution in [0.3, 0.4) is 0 Å². The summed E-state index contributed by atoms with van der Waals surface area (Å²) in [5.74, 6) is 1.00. The Hall–Kier alpha value is -5.22. The first-order chi connectivity index (χ1) is 18.8. The molecule has 180 valence electrons. The van der Waals surface area contributed by atoms with Gasteiger partial charge >= 0.3 is 0 Å². The van der Waals surface area contributed by atoms with Gasteiger partial charge in [0.25, 0.3) is 0 Å². The maximum Gasteiger partial charge on any atom is 0.138 e. The maximum absolute atomic E-state index is 10.5. The van der Waals surface area contributed by atoms with Gasteiger partial charge in [-0.05, 0) is 65.7 Å². The molecule has 0 unspecified atom stereocenters. The third kappa shape index (κ3) is 3.71. The lowest BCUT2D eigenvalue weighted by atomic mass is 10.0. The summed E-state index contributed by atoms with van der Waals surface area (Å²) in [6, 6.07) is 42.7. The van der Waals surface area contributed by atoms with Gasteiger partial charge in [-0.15, -0.1) is 0 Å². The van der Waals surface area contributed by atoms with Crippen molar-refractivity contribution in [3.05, 3.63) is 134 Å². The molecule has 0 radical (unpaired) electrons. The molecular weight excluding hydrogens is 466 g/mol. The first-order valence-corrected chi connectivity index (χ1v) is 12.6. The van der Waals surface area contributed by atoms with E-state index in [1.165, 1.54) is 11.1 Å². The topological polar surface area (TPSA) is 50.9 Å². The molecule has 0 aliphatic heterocycles. The van der Waals surface area contributed by atoms with Crippen LogP contribution in [0, 0.1) is 0 Å². The SMILES string of the molecule is Oc1ccccc1-c1cccc(-n2c3ccc(-c4ccccc4)cc3c3ccc(-c4ccccn4)cc32)n1. The molecule has 0 atom stereocenters. The summed E-state index contributed by atoms with van der Waals surface area (Å²) < 4.78 is 2.20. The van der Waals surface area contributed by atoms with E-state index in [1.54, 1.807) is 6.07 Å². The second kappa shape index (κ2) is 9.02. The third-order valence-corrected chi connectivity index (χ3v) is 6.98. The van der Waals surface area contributed by atoms with Gasteiger partial charge in [0.15, 0.2) is 0 Å². The van der Waals surface area contributed by atoms with E-state index in [4.69, 9.17) is 4.98 Å². The summed E-state index contributed by atoms with van der Waals surface area (Å²) in [7, 11) is 0. The average molecular weight is 490 g/mol.